The van der Waals surface area contributed by atoms with Gasteiger partial charge in [0.25, 0.3) is 5.91 Å². The third kappa shape index (κ3) is 5.62. The number of hydrogen-bond donors (Lipinski definition) is 2. The fraction of sp³-hybridized carbons (Fsp3) is 0.276. The van der Waals surface area contributed by atoms with Gasteiger partial charge in [-0.25, -0.2) is 4.98 Å². The molecule has 3 heterocycles. The van der Waals surface area contributed by atoms with Crippen LogP contribution in [0.2, 0.25) is 5.02 Å². The van der Waals surface area contributed by atoms with Gasteiger partial charge in [-0.05, 0) is 58.5 Å². The Labute approximate surface area is 221 Å². The zero-order valence-corrected chi connectivity index (χ0v) is 21.6. The summed E-state index contributed by atoms with van der Waals surface area (Å²) < 4.78 is 5.99. The van der Waals surface area contributed by atoms with Gasteiger partial charge in [-0.15, -0.1) is 0 Å². The van der Waals surface area contributed by atoms with Gasteiger partial charge in [-0.1, -0.05) is 43.6 Å². The monoisotopic (exact) mass is 516 g/mol. The third-order valence-electron chi connectivity index (χ3n) is 6.58. The van der Waals surface area contributed by atoms with Crippen molar-refractivity contribution in [3.63, 3.8) is 0 Å². The number of hydrogen-bond acceptors (Lipinski definition) is 5. The molecule has 2 amide bonds. The van der Waals surface area contributed by atoms with Gasteiger partial charge in [-0.3, -0.25) is 9.59 Å². The molecule has 0 bridgehead atoms. The normalized spacial score (nSPS) is 17.7. The van der Waals surface area contributed by atoms with E-state index in [4.69, 9.17) is 22.1 Å². The van der Waals surface area contributed by atoms with Crippen molar-refractivity contribution in [3.05, 3.63) is 88.6 Å². The summed E-state index contributed by atoms with van der Waals surface area (Å²) in [6, 6.07) is 15.1. The SMILES string of the molecule is CC1(C)CN(C(=O)c2ccc(-c3cc(Cl)c4c(c3)CC(C=CC(=O)NCc3ccc(N)nc3)O4)cc2)C1. The van der Waals surface area contributed by atoms with E-state index in [1.807, 2.05) is 41.3 Å². The van der Waals surface area contributed by atoms with E-state index in [1.165, 1.54) is 6.08 Å². The number of likely N-dealkylation sites (tertiary alicyclic amines) is 1. The number of halogens is 1. The first-order valence-corrected chi connectivity index (χ1v) is 12.6. The zero-order chi connectivity index (χ0) is 26.2. The highest BCUT2D eigenvalue weighted by atomic mass is 35.5. The lowest BCUT2D eigenvalue weighted by molar-refractivity contribution is -0.116. The number of fused-ring (bicyclic) bond motifs is 1. The van der Waals surface area contributed by atoms with Gasteiger partial charge in [0.05, 0.1) is 5.02 Å². The first-order valence-electron chi connectivity index (χ1n) is 12.2. The molecule has 8 heteroatoms. The number of nitrogen functional groups attached to an aromatic ring is 1. The number of amides is 2. The lowest BCUT2D eigenvalue weighted by Crippen LogP contribution is -2.55. The number of pyridine rings is 1. The molecule has 2 aliphatic heterocycles. The molecule has 0 saturated carbocycles. The lowest BCUT2D eigenvalue weighted by Gasteiger charge is -2.45. The lowest BCUT2D eigenvalue weighted by atomic mass is 9.84. The minimum Gasteiger partial charge on any atom is -0.484 e. The molecule has 7 nitrogen and oxygen atoms in total. The number of carbonyl (C=O) groups excluding carboxylic acids is 2. The van der Waals surface area contributed by atoms with E-state index >= 15 is 0 Å². The Bertz CT molecular complexity index is 1360. The summed E-state index contributed by atoms with van der Waals surface area (Å²) in [6.07, 6.45) is 5.17. The number of carbonyl (C=O) groups is 2. The Morgan fingerprint density at radius 2 is 1.92 bits per heavy atom. The maximum absolute atomic E-state index is 12.7. The first-order chi connectivity index (χ1) is 17.7. The zero-order valence-electron chi connectivity index (χ0n) is 20.8. The number of ether oxygens (including phenoxy) is 1. The van der Waals surface area contributed by atoms with Crippen molar-refractivity contribution in [1.82, 2.24) is 15.2 Å². The summed E-state index contributed by atoms with van der Waals surface area (Å²) in [5.74, 6) is 0.920. The van der Waals surface area contributed by atoms with Crippen molar-refractivity contribution in [2.75, 3.05) is 18.8 Å². The van der Waals surface area contributed by atoms with E-state index in [0.717, 1.165) is 35.3 Å². The highest BCUT2D eigenvalue weighted by Crippen LogP contribution is 2.40. The molecular formula is C29H29ClN4O3. The number of rotatable bonds is 6. The third-order valence-corrected chi connectivity index (χ3v) is 6.86. The average Bonchev–Trinajstić information content (AvgIpc) is 3.29. The molecule has 3 aromatic rings. The molecule has 0 aliphatic carbocycles. The van der Waals surface area contributed by atoms with Gasteiger partial charge in [-0.2, -0.15) is 0 Å². The summed E-state index contributed by atoms with van der Waals surface area (Å²) in [5, 5.41) is 3.34. The van der Waals surface area contributed by atoms with Gasteiger partial charge in [0, 0.05) is 49.5 Å². The van der Waals surface area contributed by atoms with Crippen LogP contribution < -0.4 is 15.8 Å². The van der Waals surface area contributed by atoms with E-state index < -0.39 is 0 Å². The second kappa shape index (κ2) is 9.90. The molecule has 1 fully saturated rings. The molecule has 2 aliphatic rings. The van der Waals surface area contributed by atoms with Crippen molar-refractivity contribution in [2.45, 2.75) is 32.9 Å². The molecule has 2 aromatic carbocycles. The molecule has 3 N–H and O–H groups in total. The highest BCUT2D eigenvalue weighted by molar-refractivity contribution is 6.32. The minimum atomic E-state index is -0.285. The Kier molecular flexibility index (Phi) is 6.65. The molecule has 0 radical (unpaired) electrons. The molecule has 1 saturated heterocycles. The molecule has 37 heavy (non-hydrogen) atoms. The van der Waals surface area contributed by atoms with Gasteiger partial charge in [0.2, 0.25) is 5.91 Å². The van der Waals surface area contributed by atoms with Crippen LogP contribution in [-0.2, 0) is 17.8 Å². The number of benzene rings is 2. The van der Waals surface area contributed by atoms with Gasteiger partial charge in [0.15, 0.2) is 0 Å². The second-order valence-electron chi connectivity index (χ2n) is 10.4. The summed E-state index contributed by atoms with van der Waals surface area (Å²) in [6.45, 7) is 6.25. The van der Waals surface area contributed by atoms with Crippen molar-refractivity contribution >= 4 is 29.2 Å². The second-order valence-corrected chi connectivity index (χ2v) is 10.8. The van der Waals surface area contributed by atoms with Crippen LogP contribution in [0.5, 0.6) is 5.75 Å². The minimum absolute atomic E-state index is 0.0649. The number of nitrogens with zero attached hydrogens (tertiary/aromatic N) is 2. The van der Waals surface area contributed by atoms with Crippen LogP contribution in [0.4, 0.5) is 5.82 Å². The maximum Gasteiger partial charge on any atom is 0.253 e. The fourth-order valence-corrected chi connectivity index (χ4v) is 5.00. The highest BCUT2D eigenvalue weighted by Gasteiger charge is 2.37. The summed E-state index contributed by atoms with van der Waals surface area (Å²) in [5.41, 5.74) is 10.2. The van der Waals surface area contributed by atoms with Crippen molar-refractivity contribution < 1.29 is 14.3 Å². The number of anilines is 1. The quantitative estimate of drug-likeness (QED) is 0.465. The molecule has 0 spiro atoms. The van der Waals surface area contributed by atoms with Crippen LogP contribution in [-0.4, -0.2) is 40.9 Å². The Morgan fingerprint density at radius 3 is 2.59 bits per heavy atom. The number of aromatic nitrogens is 1. The van der Waals surface area contributed by atoms with E-state index in [9.17, 15) is 9.59 Å². The maximum atomic E-state index is 12.7. The van der Waals surface area contributed by atoms with Crippen LogP contribution in [0, 0.1) is 5.41 Å². The smallest absolute Gasteiger partial charge is 0.253 e. The van der Waals surface area contributed by atoms with Gasteiger partial charge < -0.3 is 20.7 Å². The van der Waals surface area contributed by atoms with Crippen molar-refractivity contribution in [2.24, 2.45) is 5.41 Å². The Hall–Kier alpha value is -3.84. The van der Waals surface area contributed by atoms with Crippen LogP contribution >= 0.6 is 11.6 Å². The standard InChI is InChI=1S/C29H29ClN4O3/c1-29(2)16-34(17-29)28(36)20-6-4-19(5-7-20)21-11-22-12-23(37-27(22)24(30)13-21)8-10-26(35)33-15-18-3-9-25(31)32-14-18/h3-11,13-14,23H,12,15-17H2,1-2H3,(H2,31,32)(H,33,35). The molecule has 1 atom stereocenters. The molecule has 190 valence electrons. The first kappa shape index (κ1) is 24.8. The van der Waals surface area contributed by atoms with E-state index in [-0.39, 0.29) is 23.3 Å². The Balaban J connectivity index is 1.20. The Morgan fingerprint density at radius 1 is 1.16 bits per heavy atom. The summed E-state index contributed by atoms with van der Waals surface area (Å²) in [4.78, 5) is 30.8. The van der Waals surface area contributed by atoms with Crippen LogP contribution in [0.15, 0.2) is 66.9 Å². The average molecular weight is 517 g/mol. The predicted molar refractivity (Wildman–Crippen MR) is 144 cm³/mol. The van der Waals surface area contributed by atoms with E-state index in [0.29, 0.717) is 35.1 Å². The van der Waals surface area contributed by atoms with Crippen LogP contribution in [0.3, 0.4) is 0 Å². The van der Waals surface area contributed by atoms with Crippen molar-refractivity contribution in [1.29, 1.82) is 0 Å². The van der Waals surface area contributed by atoms with Crippen molar-refractivity contribution in [3.8, 4) is 16.9 Å². The van der Waals surface area contributed by atoms with E-state index in [1.54, 1.807) is 18.3 Å². The van der Waals surface area contributed by atoms with Gasteiger partial charge >= 0.3 is 0 Å². The number of nitrogens with one attached hydrogen (secondary N) is 1. The summed E-state index contributed by atoms with van der Waals surface area (Å²) in [7, 11) is 0. The fourth-order valence-electron chi connectivity index (χ4n) is 4.72. The summed E-state index contributed by atoms with van der Waals surface area (Å²) >= 11 is 6.55. The largest absolute Gasteiger partial charge is 0.484 e. The predicted octanol–water partition coefficient (Wildman–Crippen LogP) is 4.64. The van der Waals surface area contributed by atoms with Crippen LogP contribution in [0.1, 0.15) is 35.3 Å². The molecular weight excluding hydrogens is 488 g/mol. The topological polar surface area (TPSA) is 97.6 Å². The van der Waals surface area contributed by atoms with Gasteiger partial charge in [0.1, 0.15) is 17.7 Å². The molecule has 1 unspecified atom stereocenters. The molecule has 5 rings (SSSR count). The van der Waals surface area contributed by atoms with Crippen LogP contribution in [0.25, 0.3) is 11.1 Å². The van der Waals surface area contributed by atoms with E-state index in [2.05, 4.69) is 30.2 Å². The number of nitrogens with two attached hydrogens (primary N) is 1. The molecule has 1 aromatic heterocycles.